The van der Waals surface area contributed by atoms with Gasteiger partial charge < -0.3 is 13.9 Å². The average Bonchev–Trinajstić information content (AvgIpc) is 3.93. The summed E-state index contributed by atoms with van der Waals surface area (Å²) < 4.78 is 57.9. The van der Waals surface area contributed by atoms with Gasteiger partial charge in [0, 0.05) is 44.3 Å². The molecule has 1 aliphatic rings. The maximum Gasteiger partial charge on any atom is 0.268 e. The van der Waals surface area contributed by atoms with Crippen molar-refractivity contribution >= 4 is 32.8 Å². The van der Waals surface area contributed by atoms with Gasteiger partial charge in [0.05, 0.1) is 23.6 Å². The molecule has 5 nitrogen and oxygen atoms in total. The number of pyridine rings is 1. The van der Waals surface area contributed by atoms with Gasteiger partial charge in [0.1, 0.15) is 5.82 Å². The minimum absolute atomic E-state index is 0. The Labute approximate surface area is 419 Å². The number of fused-ring (bicyclic) bond motifs is 10. The van der Waals surface area contributed by atoms with Gasteiger partial charge in [0.2, 0.25) is 0 Å². The molecular weight excluding hydrogens is 1010 g/mol. The van der Waals surface area contributed by atoms with Gasteiger partial charge in [-0.15, -0.1) is 29.7 Å². The normalized spacial score (nSPS) is 13.2. The van der Waals surface area contributed by atoms with Gasteiger partial charge in [0.15, 0.2) is 0 Å². The van der Waals surface area contributed by atoms with Crippen molar-refractivity contribution < 1.29 is 37.2 Å². The maximum absolute atomic E-state index is 9.39. The van der Waals surface area contributed by atoms with Crippen LogP contribution < -0.4 is 9.30 Å². The summed E-state index contributed by atoms with van der Waals surface area (Å²) in [6, 6.07) is 54.8. The Bertz CT molecular complexity index is 4040. The van der Waals surface area contributed by atoms with Crippen LogP contribution in [0.1, 0.15) is 59.5 Å². The second-order valence-electron chi connectivity index (χ2n) is 19.3. The first-order valence-electron chi connectivity index (χ1n) is 25.1. The molecule has 0 amide bonds. The van der Waals surface area contributed by atoms with Crippen molar-refractivity contribution in [2.75, 3.05) is 0 Å². The van der Waals surface area contributed by atoms with Crippen molar-refractivity contribution in [1.29, 1.82) is 0 Å². The molecule has 0 saturated carbocycles. The average molecular weight is 1070 g/mol. The predicted octanol–water partition coefficient (Wildman–Crippen LogP) is 15.2. The van der Waals surface area contributed by atoms with Gasteiger partial charge in [0.25, 0.3) is 6.33 Å². The van der Waals surface area contributed by atoms with Crippen LogP contribution in [0, 0.1) is 18.5 Å². The summed E-state index contributed by atoms with van der Waals surface area (Å²) in [6.07, 6.45) is 5.62. The summed E-state index contributed by atoms with van der Waals surface area (Å²) >= 11 is 0. The Hall–Kier alpha value is -7.33. The molecular formula is C62H48N4OPt-2. The van der Waals surface area contributed by atoms with Crippen molar-refractivity contribution in [3.8, 4) is 73.2 Å². The van der Waals surface area contributed by atoms with Gasteiger partial charge in [-0.1, -0.05) is 174 Å². The summed E-state index contributed by atoms with van der Waals surface area (Å²) in [5.74, 6) is 1.77. The van der Waals surface area contributed by atoms with Crippen LogP contribution in [0.3, 0.4) is 0 Å². The molecule has 0 fully saturated rings. The third kappa shape index (κ3) is 7.20. The molecule has 6 heteroatoms. The summed E-state index contributed by atoms with van der Waals surface area (Å²) in [4.78, 5) is 4.86. The van der Waals surface area contributed by atoms with E-state index in [9.17, 15) is 2.74 Å². The van der Waals surface area contributed by atoms with Crippen molar-refractivity contribution in [1.82, 2.24) is 14.1 Å². The Morgan fingerprint density at radius 3 is 1.91 bits per heavy atom. The van der Waals surface area contributed by atoms with Gasteiger partial charge in [-0.3, -0.25) is 4.57 Å². The predicted molar refractivity (Wildman–Crippen MR) is 273 cm³/mol. The van der Waals surface area contributed by atoms with Crippen LogP contribution in [0.4, 0.5) is 0 Å². The third-order valence-electron chi connectivity index (χ3n) is 13.0. The van der Waals surface area contributed by atoms with E-state index >= 15 is 0 Å². The Morgan fingerprint density at radius 1 is 0.559 bits per heavy atom. The number of hydrogen-bond donors (Lipinski definition) is 0. The standard InChI is InChI=1S/C62H48N4O.Pt/c1-61(2,3)41-32-33-63-58(36-41)66-55-28-15-14-26-50(55)51-31-30-45(38-57(51)66)67-44-21-16-20-43(37-44)64-39-65-59-53(40-18-8-7-9-19-40)34-42(62(4,5)6)35-54(59)49-25-13-11-23-47(49)46-22-10-12-24-48(46)52-27-17-29-56(64)60(52)65;/h7-36H,1-6H3;/q-2;/i7D,8D,9D,18D,19D;. The monoisotopic (exact) mass is 1060 g/mol. The van der Waals surface area contributed by atoms with Gasteiger partial charge >= 0.3 is 0 Å². The molecule has 334 valence electrons. The quantitative estimate of drug-likeness (QED) is 0.127. The number of benzene rings is 8. The number of aromatic nitrogens is 4. The number of rotatable bonds is 5. The molecule has 0 radical (unpaired) electrons. The first-order valence-corrected chi connectivity index (χ1v) is 22.6. The molecule has 0 bridgehead atoms. The summed E-state index contributed by atoms with van der Waals surface area (Å²) in [7, 11) is 0. The van der Waals surface area contributed by atoms with E-state index < -0.39 is 23.5 Å². The fraction of sp³-hybridized carbons (Fsp3) is 0.129. The SMILES string of the molecule is [2H]c1c([2H])c([2H])c(-c2cc(C(C)(C)C)cc3c2-[n+]2[c-]n(-c4[c-]c(Oc5[c-]c6c(cc5)c5ccccc5n6-c5cc(C(C)(C)C)ccn5)ccc4)c4cccc(c42)-c2ccccc2-c2ccccc2-3)c([2H])c1[2H].[Pt]. The smallest absolute Gasteiger partial charge is 0.268 e. The molecule has 0 unspecified atom stereocenters. The van der Waals surface area contributed by atoms with Crippen LogP contribution in [0.5, 0.6) is 11.5 Å². The van der Waals surface area contributed by atoms with Crippen molar-refractivity contribution in [3.05, 3.63) is 212 Å². The number of ether oxygens (including phenoxy) is 1. The molecule has 11 aromatic rings. The Kier molecular flexibility index (Phi) is 9.14. The molecule has 4 heterocycles. The maximum atomic E-state index is 9.39. The number of hydrogen-bond acceptors (Lipinski definition) is 2. The molecule has 12 rings (SSSR count). The zero-order valence-corrected chi connectivity index (χ0v) is 40.7. The molecule has 3 aromatic heterocycles. The van der Waals surface area contributed by atoms with Crippen LogP contribution in [0.25, 0.3) is 94.5 Å². The summed E-state index contributed by atoms with van der Waals surface area (Å²) in [5.41, 5.74) is 12.8. The van der Waals surface area contributed by atoms with E-state index in [1.54, 1.807) is 0 Å². The minimum Gasteiger partial charge on any atom is -0.510 e. The summed E-state index contributed by atoms with van der Waals surface area (Å²) in [5, 5.41) is 2.12. The van der Waals surface area contributed by atoms with Crippen LogP contribution in [-0.4, -0.2) is 14.1 Å². The molecule has 68 heavy (non-hydrogen) atoms. The number of para-hydroxylation sites is 2. The fourth-order valence-electron chi connectivity index (χ4n) is 9.63. The van der Waals surface area contributed by atoms with E-state index in [4.69, 9.17) is 13.8 Å². The van der Waals surface area contributed by atoms with Crippen molar-refractivity contribution in [2.45, 2.75) is 52.4 Å². The van der Waals surface area contributed by atoms with E-state index in [0.29, 0.717) is 28.4 Å². The minimum atomic E-state index is -0.445. The molecule has 1 aliphatic heterocycles. The van der Waals surface area contributed by atoms with Gasteiger partial charge in [-0.05, 0) is 95.7 Å². The molecule has 8 aromatic carbocycles. The first kappa shape index (κ1) is 37.7. The van der Waals surface area contributed by atoms with E-state index in [2.05, 4.69) is 143 Å². The molecule has 0 N–H and O–H groups in total. The second kappa shape index (κ2) is 16.5. The zero-order chi connectivity index (χ0) is 50.0. The van der Waals surface area contributed by atoms with Crippen LogP contribution in [0.15, 0.2) is 182 Å². The Balaban J connectivity index is 0.00000574. The zero-order valence-electron chi connectivity index (χ0n) is 43.4. The third-order valence-corrected chi connectivity index (χ3v) is 13.0. The van der Waals surface area contributed by atoms with E-state index in [0.717, 1.165) is 77.6 Å². The number of imidazole rings is 1. The van der Waals surface area contributed by atoms with Crippen LogP contribution >= 0.6 is 0 Å². The Morgan fingerprint density at radius 2 is 1.18 bits per heavy atom. The van der Waals surface area contributed by atoms with E-state index in [1.807, 2.05) is 82.1 Å². The van der Waals surface area contributed by atoms with Gasteiger partial charge in [-0.25, -0.2) is 4.98 Å². The van der Waals surface area contributed by atoms with Crippen LogP contribution in [-0.2, 0) is 31.9 Å². The van der Waals surface area contributed by atoms with Crippen molar-refractivity contribution in [2.24, 2.45) is 0 Å². The van der Waals surface area contributed by atoms with E-state index in [-0.39, 0.29) is 44.1 Å². The topological polar surface area (TPSA) is 35.9 Å². The first-order chi connectivity index (χ1) is 34.6. The summed E-state index contributed by atoms with van der Waals surface area (Å²) in [6.45, 7) is 13.0. The van der Waals surface area contributed by atoms with Gasteiger partial charge in [-0.2, -0.15) is 18.2 Å². The van der Waals surface area contributed by atoms with Crippen LogP contribution in [0.2, 0.25) is 0 Å². The number of nitrogens with zero attached hydrogens (tertiary/aromatic N) is 4. The molecule has 0 spiro atoms. The van der Waals surface area contributed by atoms with Crippen molar-refractivity contribution in [3.63, 3.8) is 0 Å². The van der Waals surface area contributed by atoms with E-state index in [1.165, 1.54) is 5.56 Å². The second-order valence-corrected chi connectivity index (χ2v) is 19.3. The molecule has 0 aliphatic carbocycles. The fourth-order valence-corrected chi connectivity index (χ4v) is 9.63. The molecule has 0 atom stereocenters. The molecule has 0 saturated heterocycles. The largest absolute Gasteiger partial charge is 0.510 e.